The van der Waals surface area contributed by atoms with Gasteiger partial charge in [0.1, 0.15) is 5.75 Å². The van der Waals surface area contributed by atoms with Crippen molar-refractivity contribution >= 4 is 33.1 Å². The highest BCUT2D eigenvalue weighted by Crippen LogP contribution is 2.23. The number of fused-ring (bicyclic) bond motifs is 1. The number of ether oxygens (including phenoxy) is 2. The maximum atomic E-state index is 12.5. The van der Waals surface area contributed by atoms with Crippen molar-refractivity contribution in [2.45, 2.75) is 6.54 Å². The summed E-state index contributed by atoms with van der Waals surface area (Å²) in [6.07, 6.45) is 0. The summed E-state index contributed by atoms with van der Waals surface area (Å²) >= 11 is 1.37. The van der Waals surface area contributed by atoms with Gasteiger partial charge in [-0.2, -0.15) is 4.99 Å². The molecule has 0 aliphatic heterocycles. The third-order valence-electron chi connectivity index (χ3n) is 3.93. The molecule has 1 aromatic heterocycles. The second-order valence-electron chi connectivity index (χ2n) is 5.58. The summed E-state index contributed by atoms with van der Waals surface area (Å²) in [5, 5.41) is 10.7. The first-order valence-corrected chi connectivity index (χ1v) is 8.85. The summed E-state index contributed by atoms with van der Waals surface area (Å²) in [4.78, 5) is 27.5. The lowest BCUT2D eigenvalue weighted by molar-refractivity contribution is -0.384. The van der Waals surface area contributed by atoms with Crippen LogP contribution in [0.5, 0.6) is 5.75 Å². The summed E-state index contributed by atoms with van der Waals surface area (Å²) in [6, 6.07) is 11.0. The van der Waals surface area contributed by atoms with Crippen LogP contribution in [0.3, 0.4) is 0 Å². The SMILES string of the molecule is COCCn1c(=NC(=O)c2ccc([N+](=O)[O-])cc2)sc2cc(OC)ccc21. The molecule has 0 atom stereocenters. The number of aromatic nitrogens is 1. The Bertz CT molecular complexity index is 1050. The molecule has 0 unspecified atom stereocenters. The maximum Gasteiger partial charge on any atom is 0.279 e. The average Bonchev–Trinajstić information content (AvgIpc) is 3.02. The molecule has 140 valence electrons. The number of non-ortho nitro benzene ring substituents is 1. The number of nitro benzene ring substituents is 1. The van der Waals surface area contributed by atoms with Crippen LogP contribution in [0.15, 0.2) is 47.5 Å². The number of carbonyl (C=O) groups is 1. The Hall–Kier alpha value is -3.04. The Morgan fingerprint density at radius 2 is 1.96 bits per heavy atom. The van der Waals surface area contributed by atoms with Gasteiger partial charge in [0.25, 0.3) is 11.6 Å². The van der Waals surface area contributed by atoms with E-state index in [-0.39, 0.29) is 11.3 Å². The van der Waals surface area contributed by atoms with Gasteiger partial charge in [0.15, 0.2) is 4.80 Å². The van der Waals surface area contributed by atoms with Crippen molar-refractivity contribution in [2.24, 2.45) is 4.99 Å². The zero-order valence-electron chi connectivity index (χ0n) is 14.7. The Morgan fingerprint density at radius 1 is 1.22 bits per heavy atom. The molecule has 0 fully saturated rings. The minimum atomic E-state index is -0.510. The first-order chi connectivity index (χ1) is 13.0. The van der Waals surface area contributed by atoms with Gasteiger partial charge < -0.3 is 14.0 Å². The number of hydrogen-bond donors (Lipinski definition) is 0. The molecule has 0 bridgehead atoms. The van der Waals surface area contributed by atoms with Gasteiger partial charge in [-0.05, 0) is 30.3 Å². The Kier molecular flexibility index (Phi) is 5.63. The minimum absolute atomic E-state index is 0.0735. The second-order valence-corrected chi connectivity index (χ2v) is 6.59. The van der Waals surface area contributed by atoms with E-state index >= 15 is 0 Å². The van der Waals surface area contributed by atoms with E-state index < -0.39 is 10.8 Å². The normalized spacial score (nSPS) is 11.7. The molecular weight excluding hydrogens is 370 g/mol. The van der Waals surface area contributed by atoms with Crippen molar-refractivity contribution in [3.05, 3.63) is 62.9 Å². The lowest BCUT2D eigenvalue weighted by atomic mass is 10.2. The number of methoxy groups -OCH3 is 2. The number of hydrogen-bond acceptors (Lipinski definition) is 6. The van der Waals surface area contributed by atoms with Crippen molar-refractivity contribution in [2.75, 3.05) is 20.8 Å². The number of nitro groups is 1. The molecule has 0 radical (unpaired) electrons. The molecule has 0 N–H and O–H groups in total. The van der Waals surface area contributed by atoms with Crippen LogP contribution >= 0.6 is 11.3 Å². The van der Waals surface area contributed by atoms with Crippen LogP contribution in [0.2, 0.25) is 0 Å². The van der Waals surface area contributed by atoms with E-state index in [0.29, 0.717) is 18.0 Å². The number of benzene rings is 2. The number of amides is 1. The molecule has 0 spiro atoms. The molecule has 0 aliphatic rings. The smallest absolute Gasteiger partial charge is 0.279 e. The van der Waals surface area contributed by atoms with Gasteiger partial charge in [-0.1, -0.05) is 11.3 Å². The zero-order chi connectivity index (χ0) is 19.4. The average molecular weight is 387 g/mol. The first kappa shape index (κ1) is 18.7. The van der Waals surface area contributed by atoms with Crippen molar-refractivity contribution in [1.82, 2.24) is 4.57 Å². The predicted octanol–water partition coefficient (Wildman–Crippen LogP) is 3.01. The third kappa shape index (κ3) is 4.04. The molecule has 9 heteroatoms. The molecule has 3 rings (SSSR count). The number of thiazole rings is 1. The zero-order valence-corrected chi connectivity index (χ0v) is 15.6. The van der Waals surface area contributed by atoms with Crippen LogP contribution in [-0.4, -0.2) is 36.2 Å². The molecule has 0 aliphatic carbocycles. The van der Waals surface area contributed by atoms with Gasteiger partial charge >= 0.3 is 0 Å². The Morgan fingerprint density at radius 3 is 2.59 bits per heavy atom. The van der Waals surface area contributed by atoms with E-state index in [4.69, 9.17) is 9.47 Å². The third-order valence-corrected chi connectivity index (χ3v) is 4.97. The van der Waals surface area contributed by atoms with Gasteiger partial charge in [0.2, 0.25) is 0 Å². The second kappa shape index (κ2) is 8.11. The van der Waals surface area contributed by atoms with Crippen molar-refractivity contribution in [3.8, 4) is 5.75 Å². The van der Waals surface area contributed by atoms with Crippen LogP contribution in [0.1, 0.15) is 10.4 Å². The molecule has 8 nitrogen and oxygen atoms in total. The fourth-order valence-corrected chi connectivity index (χ4v) is 3.62. The molecular formula is C18H17N3O5S. The maximum absolute atomic E-state index is 12.5. The van der Waals surface area contributed by atoms with Crippen LogP contribution < -0.4 is 9.54 Å². The Labute approximate surface area is 158 Å². The van der Waals surface area contributed by atoms with E-state index in [1.165, 1.54) is 35.6 Å². The predicted molar refractivity (Wildman–Crippen MR) is 101 cm³/mol. The fraction of sp³-hybridized carbons (Fsp3) is 0.222. The van der Waals surface area contributed by atoms with Crippen LogP contribution in [0, 0.1) is 10.1 Å². The largest absolute Gasteiger partial charge is 0.497 e. The topological polar surface area (TPSA) is 96.0 Å². The van der Waals surface area contributed by atoms with Crippen molar-refractivity contribution in [1.29, 1.82) is 0 Å². The molecule has 3 aromatic rings. The summed E-state index contributed by atoms with van der Waals surface area (Å²) in [5.74, 6) is 0.255. The van der Waals surface area contributed by atoms with E-state index in [1.807, 2.05) is 22.8 Å². The first-order valence-electron chi connectivity index (χ1n) is 8.03. The number of carbonyl (C=O) groups excluding carboxylic acids is 1. The fourth-order valence-electron chi connectivity index (χ4n) is 2.54. The van der Waals surface area contributed by atoms with E-state index in [0.717, 1.165) is 16.0 Å². The van der Waals surface area contributed by atoms with E-state index in [2.05, 4.69) is 4.99 Å². The highest BCUT2D eigenvalue weighted by atomic mass is 32.1. The highest BCUT2D eigenvalue weighted by Gasteiger charge is 2.12. The van der Waals surface area contributed by atoms with Gasteiger partial charge in [-0.25, -0.2) is 0 Å². The van der Waals surface area contributed by atoms with Crippen LogP contribution in [0.4, 0.5) is 5.69 Å². The van der Waals surface area contributed by atoms with Crippen LogP contribution in [-0.2, 0) is 11.3 Å². The quantitative estimate of drug-likeness (QED) is 0.478. The number of rotatable bonds is 6. The minimum Gasteiger partial charge on any atom is -0.497 e. The molecule has 1 amide bonds. The van der Waals surface area contributed by atoms with Crippen LogP contribution in [0.25, 0.3) is 10.2 Å². The van der Waals surface area contributed by atoms with Gasteiger partial charge in [0, 0.05) is 31.4 Å². The van der Waals surface area contributed by atoms with Gasteiger partial charge in [-0.3, -0.25) is 14.9 Å². The summed E-state index contributed by atoms with van der Waals surface area (Å²) in [5.41, 5.74) is 1.14. The molecule has 0 saturated carbocycles. The summed E-state index contributed by atoms with van der Waals surface area (Å²) in [7, 11) is 3.20. The standard InChI is InChI=1S/C18H17N3O5S/c1-25-10-9-20-15-8-7-14(26-2)11-16(15)27-18(20)19-17(22)12-3-5-13(6-4-12)21(23)24/h3-8,11H,9-10H2,1-2H3. The molecule has 2 aromatic carbocycles. The van der Waals surface area contributed by atoms with Gasteiger partial charge in [-0.15, -0.1) is 0 Å². The van der Waals surface area contributed by atoms with Crippen molar-refractivity contribution < 1.29 is 19.2 Å². The lowest BCUT2D eigenvalue weighted by Gasteiger charge is -2.05. The van der Waals surface area contributed by atoms with E-state index in [9.17, 15) is 14.9 Å². The molecule has 0 saturated heterocycles. The summed E-state index contributed by atoms with van der Waals surface area (Å²) in [6.45, 7) is 1.01. The van der Waals surface area contributed by atoms with Gasteiger partial charge in [0.05, 0.1) is 28.9 Å². The Balaban J connectivity index is 2.04. The molecule has 1 heterocycles. The monoisotopic (exact) mass is 387 g/mol. The van der Waals surface area contributed by atoms with E-state index in [1.54, 1.807) is 14.2 Å². The number of nitrogens with zero attached hydrogens (tertiary/aromatic N) is 3. The highest BCUT2D eigenvalue weighted by molar-refractivity contribution is 7.16. The van der Waals surface area contributed by atoms with Crippen molar-refractivity contribution in [3.63, 3.8) is 0 Å². The molecule has 27 heavy (non-hydrogen) atoms. The lowest BCUT2D eigenvalue weighted by Crippen LogP contribution is -2.19. The summed E-state index contributed by atoms with van der Waals surface area (Å²) < 4.78 is 13.3.